The SMILES string of the molecule is CCC1CCN(Cc2cccs2)C(CN)C1. The summed E-state index contributed by atoms with van der Waals surface area (Å²) >= 11 is 1.85. The number of piperidine rings is 1. The van der Waals surface area contributed by atoms with E-state index in [2.05, 4.69) is 29.3 Å². The molecule has 3 heteroatoms. The normalized spacial score (nSPS) is 27.1. The fourth-order valence-electron chi connectivity index (χ4n) is 2.61. The molecule has 0 radical (unpaired) electrons. The van der Waals surface area contributed by atoms with Crippen molar-refractivity contribution in [2.75, 3.05) is 13.1 Å². The van der Waals surface area contributed by atoms with Crippen molar-refractivity contribution in [2.24, 2.45) is 11.7 Å². The summed E-state index contributed by atoms with van der Waals surface area (Å²) in [4.78, 5) is 4.03. The molecule has 1 aromatic heterocycles. The van der Waals surface area contributed by atoms with Crippen LogP contribution in [-0.4, -0.2) is 24.0 Å². The van der Waals surface area contributed by atoms with E-state index in [0.717, 1.165) is 19.0 Å². The van der Waals surface area contributed by atoms with E-state index in [-0.39, 0.29) is 0 Å². The molecule has 2 N–H and O–H groups in total. The average molecular weight is 238 g/mol. The number of likely N-dealkylation sites (tertiary alicyclic amines) is 1. The zero-order valence-electron chi connectivity index (χ0n) is 10.1. The van der Waals surface area contributed by atoms with Gasteiger partial charge in [-0.2, -0.15) is 0 Å². The summed E-state index contributed by atoms with van der Waals surface area (Å²) in [6.07, 6.45) is 3.94. The van der Waals surface area contributed by atoms with Crippen LogP contribution in [0.25, 0.3) is 0 Å². The van der Waals surface area contributed by atoms with Gasteiger partial charge in [0.05, 0.1) is 0 Å². The second-order valence-electron chi connectivity index (χ2n) is 4.74. The van der Waals surface area contributed by atoms with Crippen LogP contribution in [0.3, 0.4) is 0 Å². The Bertz CT molecular complexity index is 297. The highest BCUT2D eigenvalue weighted by atomic mass is 32.1. The number of thiophene rings is 1. The van der Waals surface area contributed by atoms with Crippen LogP contribution in [0, 0.1) is 5.92 Å². The minimum Gasteiger partial charge on any atom is -0.329 e. The Morgan fingerprint density at radius 1 is 1.56 bits per heavy atom. The lowest BCUT2D eigenvalue weighted by Gasteiger charge is -2.38. The number of rotatable bonds is 4. The molecule has 1 aliphatic heterocycles. The molecule has 2 rings (SSSR count). The first-order chi connectivity index (χ1) is 7.83. The first kappa shape index (κ1) is 12.1. The molecule has 0 amide bonds. The molecule has 2 nitrogen and oxygen atoms in total. The number of nitrogens with zero attached hydrogens (tertiary/aromatic N) is 1. The molecule has 0 saturated carbocycles. The maximum absolute atomic E-state index is 5.90. The smallest absolute Gasteiger partial charge is 0.0331 e. The molecular formula is C13H22N2S. The van der Waals surface area contributed by atoms with Crippen molar-refractivity contribution in [3.63, 3.8) is 0 Å². The minimum atomic E-state index is 0.598. The first-order valence-electron chi connectivity index (χ1n) is 6.30. The Morgan fingerprint density at radius 3 is 3.06 bits per heavy atom. The molecule has 0 aliphatic carbocycles. The summed E-state index contributed by atoms with van der Waals surface area (Å²) in [5.41, 5.74) is 5.90. The van der Waals surface area contributed by atoms with Crippen molar-refractivity contribution < 1.29 is 0 Å². The maximum atomic E-state index is 5.90. The van der Waals surface area contributed by atoms with Crippen molar-refractivity contribution >= 4 is 11.3 Å². The summed E-state index contributed by atoms with van der Waals surface area (Å²) in [7, 11) is 0. The van der Waals surface area contributed by atoms with Crippen molar-refractivity contribution in [1.29, 1.82) is 0 Å². The molecule has 0 bridgehead atoms. The lowest BCUT2D eigenvalue weighted by Crippen LogP contribution is -2.45. The molecule has 2 atom stereocenters. The van der Waals surface area contributed by atoms with Crippen LogP contribution in [0.2, 0.25) is 0 Å². The molecule has 2 unspecified atom stereocenters. The predicted octanol–water partition coefficient (Wildman–Crippen LogP) is 2.70. The average Bonchev–Trinajstić information content (AvgIpc) is 2.82. The van der Waals surface area contributed by atoms with Gasteiger partial charge in [0.1, 0.15) is 0 Å². The van der Waals surface area contributed by atoms with Crippen LogP contribution in [0.4, 0.5) is 0 Å². The van der Waals surface area contributed by atoms with Crippen LogP contribution in [0.1, 0.15) is 31.1 Å². The van der Waals surface area contributed by atoms with Crippen molar-refractivity contribution in [3.05, 3.63) is 22.4 Å². The van der Waals surface area contributed by atoms with Gasteiger partial charge in [0.15, 0.2) is 0 Å². The molecule has 90 valence electrons. The molecular weight excluding hydrogens is 216 g/mol. The van der Waals surface area contributed by atoms with Crippen LogP contribution >= 0.6 is 11.3 Å². The third kappa shape index (κ3) is 2.84. The van der Waals surface area contributed by atoms with E-state index in [9.17, 15) is 0 Å². The van der Waals surface area contributed by atoms with Gasteiger partial charge < -0.3 is 5.73 Å². The second-order valence-corrected chi connectivity index (χ2v) is 5.77. The molecule has 2 heterocycles. The maximum Gasteiger partial charge on any atom is 0.0331 e. The van der Waals surface area contributed by atoms with Gasteiger partial charge in [0.2, 0.25) is 0 Å². The standard InChI is InChI=1S/C13H22N2S/c1-2-11-5-6-15(12(8-11)9-14)10-13-4-3-7-16-13/h3-4,7,11-12H,2,5-6,8-10,14H2,1H3. The molecule has 0 aromatic carbocycles. The van der Waals surface area contributed by atoms with E-state index >= 15 is 0 Å². The molecule has 1 saturated heterocycles. The molecule has 16 heavy (non-hydrogen) atoms. The Balaban J connectivity index is 1.93. The summed E-state index contributed by atoms with van der Waals surface area (Å²) in [6, 6.07) is 4.96. The first-order valence-corrected chi connectivity index (χ1v) is 7.18. The second kappa shape index (κ2) is 5.80. The molecule has 1 aromatic rings. The van der Waals surface area contributed by atoms with Gasteiger partial charge in [-0.3, -0.25) is 4.90 Å². The van der Waals surface area contributed by atoms with Gasteiger partial charge in [-0.25, -0.2) is 0 Å². The van der Waals surface area contributed by atoms with Gasteiger partial charge in [-0.1, -0.05) is 19.4 Å². The highest BCUT2D eigenvalue weighted by molar-refractivity contribution is 7.09. The predicted molar refractivity (Wildman–Crippen MR) is 70.6 cm³/mol. The van der Waals surface area contributed by atoms with Crippen LogP contribution in [0.15, 0.2) is 17.5 Å². The van der Waals surface area contributed by atoms with Gasteiger partial charge in [0.25, 0.3) is 0 Å². The van der Waals surface area contributed by atoms with E-state index in [1.54, 1.807) is 0 Å². The van der Waals surface area contributed by atoms with Crippen molar-refractivity contribution in [3.8, 4) is 0 Å². The lowest BCUT2D eigenvalue weighted by molar-refractivity contribution is 0.108. The summed E-state index contributed by atoms with van der Waals surface area (Å²) < 4.78 is 0. The van der Waals surface area contributed by atoms with Gasteiger partial charge in [-0.05, 0) is 36.8 Å². The van der Waals surface area contributed by atoms with E-state index in [4.69, 9.17) is 5.73 Å². The lowest BCUT2D eigenvalue weighted by atomic mass is 9.89. The Morgan fingerprint density at radius 2 is 2.44 bits per heavy atom. The van der Waals surface area contributed by atoms with Crippen molar-refractivity contribution in [2.45, 2.75) is 38.8 Å². The molecule has 0 spiro atoms. The Labute approximate surface area is 102 Å². The highest BCUT2D eigenvalue weighted by Crippen LogP contribution is 2.26. The van der Waals surface area contributed by atoms with E-state index < -0.39 is 0 Å². The van der Waals surface area contributed by atoms with Crippen LogP contribution in [0.5, 0.6) is 0 Å². The fraction of sp³-hybridized carbons (Fsp3) is 0.692. The van der Waals surface area contributed by atoms with Crippen LogP contribution in [-0.2, 0) is 6.54 Å². The monoisotopic (exact) mass is 238 g/mol. The zero-order chi connectivity index (χ0) is 11.4. The fourth-order valence-corrected chi connectivity index (χ4v) is 3.34. The molecule has 1 fully saturated rings. The minimum absolute atomic E-state index is 0.598. The van der Waals surface area contributed by atoms with Crippen LogP contribution < -0.4 is 5.73 Å². The molecule has 1 aliphatic rings. The van der Waals surface area contributed by atoms with Gasteiger partial charge in [-0.15, -0.1) is 11.3 Å². The zero-order valence-corrected chi connectivity index (χ0v) is 10.9. The van der Waals surface area contributed by atoms with Gasteiger partial charge >= 0.3 is 0 Å². The quantitative estimate of drug-likeness (QED) is 0.874. The van der Waals surface area contributed by atoms with E-state index in [1.165, 1.54) is 30.7 Å². The Kier molecular flexibility index (Phi) is 4.38. The third-order valence-corrected chi connectivity index (χ3v) is 4.60. The summed E-state index contributed by atoms with van der Waals surface area (Å²) in [5.74, 6) is 0.896. The third-order valence-electron chi connectivity index (χ3n) is 3.73. The summed E-state index contributed by atoms with van der Waals surface area (Å²) in [6.45, 7) is 5.42. The Hall–Kier alpha value is -0.380. The number of hydrogen-bond acceptors (Lipinski definition) is 3. The number of hydrogen-bond donors (Lipinski definition) is 1. The van der Waals surface area contributed by atoms with E-state index in [1.807, 2.05) is 11.3 Å². The topological polar surface area (TPSA) is 29.3 Å². The van der Waals surface area contributed by atoms with Gasteiger partial charge in [0, 0.05) is 24.0 Å². The van der Waals surface area contributed by atoms with E-state index in [0.29, 0.717) is 6.04 Å². The summed E-state index contributed by atoms with van der Waals surface area (Å²) in [5, 5.41) is 2.16. The largest absolute Gasteiger partial charge is 0.329 e. The highest BCUT2D eigenvalue weighted by Gasteiger charge is 2.26. The number of nitrogens with two attached hydrogens (primary N) is 1. The van der Waals surface area contributed by atoms with Crippen molar-refractivity contribution in [1.82, 2.24) is 4.90 Å².